The summed E-state index contributed by atoms with van der Waals surface area (Å²) in [5, 5.41) is 18.3. The van der Waals surface area contributed by atoms with Gasteiger partial charge in [0, 0.05) is 65.1 Å². The molecule has 2 aliphatic rings. The lowest BCUT2D eigenvalue weighted by Crippen LogP contribution is -2.47. The molecular formula is C23H26N6S. The minimum absolute atomic E-state index is 0.446. The second-order valence-electron chi connectivity index (χ2n) is 8.34. The van der Waals surface area contributed by atoms with Gasteiger partial charge in [-0.25, -0.2) is 4.98 Å². The molecule has 4 heterocycles. The molecule has 0 saturated carbocycles. The Balaban J connectivity index is 1.38. The van der Waals surface area contributed by atoms with Gasteiger partial charge in [0.1, 0.15) is 0 Å². The first-order valence-corrected chi connectivity index (χ1v) is 11.5. The van der Waals surface area contributed by atoms with E-state index in [4.69, 9.17) is 5.26 Å². The standard InChI is InChI=1S/C23H26N6S/c1-15-14-26-23(30-15)28-17-12-21-20(4-2-8-25-21)22(13-17)27-16-10-18-5-6-19(11-16)29(18)9-3-7-24/h2,4,8,12-14,16,18-19,27H,3,5-6,9-11H2,1H3,(H,26,28)/t16-,18-,19+. The molecule has 6 nitrogen and oxygen atoms in total. The van der Waals surface area contributed by atoms with Crippen molar-refractivity contribution in [2.75, 3.05) is 17.2 Å². The summed E-state index contributed by atoms with van der Waals surface area (Å²) in [7, 11) is 0. The summed E-state index contributed by atoms with van der Waals surface area (Å²) in [5.74, 6) is 0. The number of benzene rings is 1. The lowest BCUT2D eigenvalue weighted by molar-refractivity contribution is 0.136. The van der Waals surface area contributed by atoms with E-state index in [1.165, 1.54) is 17.7 Å². The Hall–Kier alpha value is -2.69. The minimum Gasteiger partial charge on any atom is -0.382 e. The number of nitrogens with one attached hydrogen (secondary N) is 2. The first kappa shape index (κ1) is 19.3. The van der Waals surface area contributed by atoms with Crippen molar-refractivity contribution in [2.45, 2.75) is 57.2 Å². The van der Waals surface area contributed by atoms with Gasteiger partial charge >= 0.3 is 0 Å². The number of nitriles is 1. The van der Waals surface area contributed by atoms with Crippen molar-refractivity contribution >= 4 is 38.7 Å². The highest BCUT2D eigenvalue weighted by Gasteiger charge is 2.40. The monoisotopic (exact) mass is 418 g/mol. The lowest BCUT2D eigenvalue weighted by Gasteiger charge is -2.39. The zero-order valence-electron chi connectivity index (χ0n) is 17.1. The van der Waals surface area contributed by atoms with Crippen molar-refractivity contribution in [3.05, 3.63) is 41.5 Å². The van der Waals surface area contributed by atoms with Gasteiger partial charge < -0.3 is 10.6 Å². The Morgan fingerprint density at radius 3 is 2.80 bits per heavy atom. The van der Waals surface area contributed by atoms with Crippen LogP contribution >= 0.6 is 11.3 Å². The number of nitrogens with zero attached hydrogens (tertiary/aromatic N) is 4. The largest absolute Gasteiger partial charge is 0.382 e. The number of thiazole rings is 1. The molecule has 7 heteroatoms. The van der Waals surface area contributed by atoms with E-state index in [2.05, 4.69) is 56.7 Å². The van der Waals surface area contributed by atoms with E-state index in [0.29, 0.717) is 24.5 Å². The second kappa shape index (κ2) is 8.21. The van der Waals surface area contributed by atoms with Crippen LogP contribution < -0.4 is 10.6 Å². The van der Waals surface area contributed by atoms with Gasteiger partial charge in [-0.15, -0.1) is 11.3 Å². The average molecular weight is 419 g/mol. The van der Waals surface area contributed by atoms with Crippen LogP contribution in [-0.2, 0) is 0 Å². The molecule has 2 N–H and O–H groups in total. The fraction of sp³-hybridized carbons (Fsp3) is 0.435. The predicted molar refractivity (Wildman–Crippen MR) is 122 cm³/mol. The number of hydrogen-bond acceptors (Lipinski definition) is 7. The van der Waals surface area contributed by atoms with Gasteiger partial charge in [-0.1, -0.05) is 0 Å². The maximum atomic E-state index is 8.97. The molecule has 2 bridgehead atoms. The molecule has 30 heavy (non-hydrogen) atoms. The number of hydrogen-bond donors (Lipinski definition) is 2. The lowest BCUT2D eigenvalue weighted by atomic mass is 9.96. The zero-order valence-corrected chi connectivity index (χ0v) is 18.0. The SMILES string of the molecule is Cc1cnc(Nc2cc(N[C@@H]3C[C@H]4CC[C@@H](C3)N4CCC#N)c3cccnc3c2)s1. The van der Waals surface area contributed by atoms with Crippen molar-refractivity contribution in [3.63, 3.8) is 0 Å². The van der Waals surface area contributed by atoms with Crippen molar-refractivity contribution in [2.24, 2.45) is 0 Å². The van der Waals surface area contributed by atoms with Crippen LogP contribution in [-0.4, -0.2) is 39.5 Å². The molecular weight excluding hydrogens is 392 g/mol. The number of aryl methyl sites for hydroxylation is 1. The summed E-state index contributed by atoms with van der Waals surface area (Å²) in [6.45, 7) is 2.98. The summed E-state index contributed by atoms with van der Waals surface area (Å²) in [6, 6.07) is 12.4. The van der Waals surface area contributed by atoms with Gasteiger partial charge in [0.2, 0.25) is 0 Å². The fourth-order valence-electron chi connectivity index (χ4n) is 5.07. The van der Waals surface area contributed by atoms with E-state index in [0.717, 1.165) is 46.8 Å². The zero-order chi connectivity index (χ0) is 20.5. The van der Waals surface area contributed by atoms with Crippen LogP contribution in [0.15, 0.2) is 36.7 Å². The molecule has 3 atom stereocenters. The Labute approximate surface area is 181 Å². The van der Waals surface area contributed by atoms with Crippen LogP contribution in [0.4, 0.5) is 16.5 Å². The second-order valence-corrected chi connectivity index (χ2v) is 9.57. The molecule has 2 aromatic heterocycles. The molecule has 0 aliphatic carbocycles. The summed E-state index contributed by atoms with van der Waals surface area (Å²) in [6.07, 6.45) is 9.13. The third-order valence-electron chi connectivity index (χ3n) is 6.32. The highest BCUT2D eigenvalue weighted by Crippen LogP contribution is 2.38. The topological polar surface area (TPSA) is 76.9 Å². The molecule has 5 rings (SSSR count). The van der Waals surface area contributed by atoms with Gasteiger partial charge in [0.05, 0.1) is 11.6 Å². The van der Waals surface area contributed by atoms with Gasteiger partial charge in [0.15, 0.2) is 5.13 Å². The van der Waals surface area contributed by atoms with E-state index in [1.54, 1.807) is 11.3 Å². The first-order chi connectivity index (χ1) is 14.7. The number of anilines is 3. The van der Waals surface area contributed by atoms with Crippen molar-refractivity contribution in [3.8, 4) is 6.07 Å². The van der Waals surface area contributed by atoms with Crippen molar-refractivity contribution < 1.29 is 0 Å². The molecule has 2 fully saturated rings. The average Bonchev–Trinajstić information content (AvgIpc) is 3.25. The molecule has 154 valence electrons. The van der Waals surface area contributed by atoms with Gasteiger partial charge in [-0.05, 0) is 56.9 Å². The Bertz CT molecular complexity index is 1070. The third-order valence-corrected chi connectivity index (χ3v) is 7.15. The van der Waals surface area contributed by atoms with Crippen molar-refractivity contribution in [1.29, 1.82) is 5.26 Å². The smallest absolute Gasteiger partial charge is 0.187 e. The van der Waals surface area contributed by atoms with E-state index in [-0.39, 0.29) is 0 Å². The number of fused-ring (bicyclic) bond motifs is 3. The van der Waals surface area contributed by atoms with Gasteiger partial charge in [-0.2, -0.15) is 5.26 Å². The van der Waals surface area contributed by atoms with E-state index >= 15 is 0 Å². The molecule has 2 aliphatic heterocycles. The highest BCUT2D eigenvalue weighted by molar-refractivity contribution is 7.15. The van der Waals surface area contributed by atoms with E-state index in [1.807, 2.05) is 18.5 Å². The predicted octanol–water partition coefficient (Wildman–Crippen LogP) is 5.06. The third kappa shape index (κ3) is 3.85. The maximum absolute atomic E-state index is 8.97. The summed E-state index contributed by atoms with van der Waals surface area (Å²) < 4.78 is 0. The summed E-state index contributed by atoms with van der Waals surface area (Å²) in [5.41, 5.74) is 3.12. The number of rotatable bonds is 6. The van der Waals surface area contributed by atoms with E-state index < -0.39 is 0 Å². The van der Waals surface area contributed by atoms with E-state index in [9.17, 15) is 0 Å². The first-order valence-electron chi connectivity index (χ1n) is 10.7. The number of piperidine rings is 1. The summed E-state index contributed by atoms with van der Waals surface area (Å²) >= 11 is 1.65. The molecule has 0 unspecified atom stereocenters. The van der Waals surface area contributed by atoms with Crippen LogP contribution in [0.5, 0.6) is 0 Å². The quantitative estimate of drug-likeness (QED) is 0.582. The number of pyridine rings is 1. The van der Waals surface area contributed by atoms with Crippen LogP contribution in [0, 0.1) is 18.3 Å². The van der Waals surface area contributed by atoms with Crippen LogP contribution in [0.2, 0.25) is 0 Å². The molecule has 2 saturated heterocycles. The van der Waals surface area contributed by atoms with Gasteiger partial charge in [0.25, 0.3) is 0 Å². The Kier molecular flexibility index (Phi) is 5.28. The van der Waals surface area contributed by atoms with Crippen LogP contribution in [0.3, 0.4) is 0 Å². The molecule has 1 aromatic carbocycles. The van der Waals surface area contributed by atoms with Crippen LogP contribution in [0.25, 0.3) is 10.9 Å². The Morgan fingerprint density at radius 2 is 2.07 bits per heavy atom. The molecule has 0 amide bonds. The summed E-state index contributed by atoms with van der Waals surface area (Å²) in [4.78, 5) is 12.8. The fourth-order valence-corrected chi connectivity index (χ4v) is 5.75. The van der Waals surface area contributed by atoms with Gasteiger partial charge in [-0.3, -0.25) is 9.88 Å². The molecule has 0 spiro atoms. The van der Waals surface area contributed by atoms with Crippen LogP contribution in [0.1, 0.15) is 37.0 Å². The minimum atomic E-state index is 0.446. The van der Waals surface area contributed by atoms with Crippen molar-refractivity contribution in [1.82, 2.24) is 14.9 Å². The Morgan fingerprint density at radius 1 is 1.23 bits per heavy atom. The maximum Gasteiger partial charge on any atom is 0.187 e. The molecule has 3 aromatic rings. The highest BCUT2D eigenvalue weighted by atomic mass is 32.1. The molecule has 0 radical (unpaired) electrons. The number of aromatic nitrogens is 2. The normalized spacial score (nSPS) is 23.4.